The predicted molar refractivity (Wildman–Crippen MR) is 99.1 cm³/mol. The van der Waals surface area contributed by atoms with Gasteiger partial charge in [-0.05, 0) is 36.1 Å². The van der Waals surface area contributed by atoms with Gasteiger partial charge in [0.1, 0.15) is 6.54 Å². The summed E-state index contributed by atoms with van der Waals surface area (Å²) in [5, 5.41) is 3.45. The number of carbonyl (C=O) groups excluding carboxylic acids is 1. The summed E-state index contributed by atoms with van der Waals surface area (Å²) in [6.45, 7) is -0.119. The second-order valence-electron chi connectivity index (χ2n) is 6.61. The van der Waals surface area contributed by atoms with E-state index in [1.165, 1.54) is 17.2 Å². The number of hydrogen-bond acceptors (Lipinski definition) is 3. The Morgan fingerprint density at radius 1 is 1.12 bits per heavy atom. The number of fused-ring (bicyclic) bond motifs is 2. The van der Waals surface area contributed by atoms with Crippen molar-refractivity contribution < 1.29 is 4.79 Å². The summed E-state index contributed by atoms with van der Waals surface area (Å²) in [7, 11) is 1.43. The fourth-order valence-electron chi connectivity index (χ4n) is 3.68. The highest BCUT2D eigenvalue weighted by atomic mass is 16.2. The van der Waals surface area contributed by atoms with Gasteiger partial charge >= 0.3 is 5.69 Å². The fourth-order valence-corrected chi connectivity index (χ4v) is 3.68. The van der Waals surface area contributed by atoms with Crippen molar-refractivity contribution in [2.24, 2.45) is 7.05 Å². The van der Waals surface area contributed by atoms with Crippen LogP contribution in [0.5, 0.6) is 0 Å². The van der Waals surface area contributed by atoms with Crippen LogP contribution in [0.4, 0.5) is 0 Å². The summed E-state index contributed by atoms with van der Waals surface area (Å²) in [5.74, 6) is -0.238. The summed E-state index contributed by atoms with van der Waals surface area (Å²) in [5.41, 5.74) is 2.02. The number of hydrogen-bond donors (Lipinski definition) is 1. The van der Waals surface area contributed by atoms with Crippen LogP contribution < -0.4 is 16.6 Å². The lowest BCUT2D eigenvalue weighted by Gasteiger charge is -2.16. The molecule has 0 fully saturated rings. The molecule has 0 saturated heterocycles. The van der Waals surface area contributed by atoms with Crippen LogP contribution in [-0.2, 0) is 24.8 Å². The zero-order chi connectivity index (χ0) is 18.3. The maximum Gasteiger partial charge on any atom is 0.331 e. The van der Waals surface area contributed by atoms with E-state index in [1.54, 1.807) is 24.3 Å². The molecule has 1 heterocycles. The number of aromatic nitrogens is 2. The molecule has 1 aliphatic carbocycles. The summed E-state index contributed by atoms with van der Waals surface area (Å²) >= 11 is 0. The van der Waals surface area contributed by atoms with E-state index in [0.29, 0.717) is 10.9 Å². The Bertz CT molecular complexity index is 1130. The quantitative estimate of drug-likeness (QED) is 0.779. The van der Waals surface area contributed by atoms with Crippen LogP contribution in [-0.4, -0.2) is 15.0 Å². The van der Waals surface area contributed by atoms with E-state index >= 15 is 0 Å². The van der Waals surface area contributed by atoms with Crippen LogP contribution in [0, 0.1) is 0 Å². The maximum atomic E-state index is 12.6. The summed E-state index contributed by atoms with van der Waals surface area (Å²) in [4.78, 5) is 37.4. The third-order valence-electron chi connectivity index (χ3n) is 5.02. The molecule has 1 amide bonds. The highest BCUT2D eigenvalue weighted by molar-refractivity contribution is 5.81. The Morgan fingerprint density at radius 2 is 1.85 bits per heavy atom. The Morgan fingerprint density at radius 3 is 2.69 bits per heavy atom. The molecular formula is C20H19N3O3. The second-order valence-corrected chi connectivity index (χ2v) is 6.61. The van der Waals surface area contributed by atoms with Gasteiger partial charge in [0, 0.05) is 7.05 Å². The van der Waals surface area contributed by atoms with Gasteiger partial charge in [0.15, 0.2) is 0 Å². The molecule has 132 valence electrons. The van der Waals surface area contributed by atoms with E-state index < -0.39 is 5.69 Å². The van der Waals surface area contributed by atoms with Crippen LogP contribution in [0.25, 0.3) is 10.9 Å². The maximum absolute atomic E-state index is 12.6. The van der Waals surface area contributed by atoms with Crippen LogP contribution in [0.1, 0.15) is 23.6 Å². The van der Waals surface area contributed by atoms with Crippen molar-refractivity contribution in [3.63, 3.8) is 0 Å². The van der Waals surface area contributed by atoms with Crippen molar-refractivity contribution in [2.45, 2.75) is 25.4 Å². The zero-order valence-electron chi connectivity index (χ0n) is 14.4. The van der Waals surface area contributed by atoms with E-state index in [9.17, 15) is 14.4 Å². The normalized spacial score (nSPS) is 15.8. The van der Waals surface area contributed by atoms with Crippen LogP contribution in [0.2, 0.25) is 0 Å². The monoisotopic (exact) mass is 349 g/mol. The Hall–Kier alpha value is -3.15. The topological polar surface area (TPSA) is 73.1 Å². The number of rotatable bonds is 3. The molecule has 1 aromatic heterocycles. The van der Waals surface area contributed by atoms with Gasteiger partial charge in [-0.25, -0.2) is 4.79 Å². The van der Waals surface area contributed by atoms with Gasteiger partial charge in [0.25, 0.3) is 5.56 Å². The molecule has 0 spiro atoms. The lowest BCUT2D eigenvalue weighted by atomic mass is 10.1. The molecule has 0 bridgehead atoms. The first-order valence-corrected chi connectivity index (χ1v) is 8.62. The largest absolute Gasteiger partial charge is 0.348 e. The minimum absolute atomic E-state index is 0.0341. The smallest absolute Gasteiger partial charge is 0.331 e. The molecule has 0 radical (unpaired) electrons. The first-order chi connectivity index (χ1) is 12.6. The molecule has 1 atom stereocenters. The van der Waals surface area contributed by atoms with Crippen molar-refractivity contribution >= 4 is 16.8 Å². The fraction of sp³-hybridized carbons (Fsp3) is 0.250. The molecule has 1 N–H and O–H groups in total. The van der Waals surface area contributed by atoms with Crippen LogP contribution >= 0.6 is 0 Å². The lowest BCUT2D eigenvalue weighted by molar-refractivity contribution is -0.122. The third kappa shape index (κ3) is 2.63. The number of carbonyl (C=O) groups is 1. The first-order valence-electron chi connectivity index (χ1n) is 8.62. The van der Waals surface area contributed by atoms with Gasteiger partial charge in [0.2, 0.25) is 5.91 Å². The molecular weight excluding hydrogens is 330 g/mol. The van der Waals surface area contributed by atoms with Gasteiger partial charge in [-0.2, -0.15) is 0 Å². The van der Waals surface area contributed by atoms with Crippen molar-refractivity contribution in [1.82, 2.24) is 14.5 Å². The number of para-hydroxylation sites is 1. The third-order valence-corrected chi connectivity index (χ3v) is 5.02. The highest BCUT2D eigenvalue weighted by Crippen LogP contribution is 2.30. The lowest BCUT2D eigenvalue weighted by Crippen LogP contribution is -2.41. The van der Waals surface area contributed by atoms with Gasteiger partial charge in [-0.1, -0.05) is 36.4 Å². The van der Waals surface area contributed by atoms with E-state index in [-0.39, 0.29) is 24.1 Å². The zero-order valence-corrected chi connectivity index (χ0v) is 14.4. The van der Waals surface area contributed by atoms with Crippen LogP contribution in [0.3, 0.4) is 0 Å². The minimum Gasteiger partial charge on any atom is -0.348 e. The van der Waals surface area contributed by atoms with E-state index in [1.807, 2.05) is 18.2 Å². The molecule has 26 heavy (non-hydrogen) atoms. The molecule has 1 unspecified atom stereocenters. The van der Waals surface area contributed by atoms with E-state index in [0.717, 1.165) is 23.0 Å². The molecule has 1 aliphatic rings. The molecule has 0 saturated carbocycles. The number of benzene rings is 2. The number of nitrogens with zero attached hydrogens (tertiary/aromatic N) is 2. The summed E-state index contributed by atoms with van der Waals surface area (Å²) in [6, 6.07) is 14.9. The summed E-state index contributed by atoms with van der Waals surface area (Å²) < 4.78 is 2.40. The van der Waals surface area contributed by atoms with Crippen molar-refractivity contribution in [3.8, 4) is 0 Å². The second kappa shape index (κ2) is 6.29. The SMILES string of the molecule is Cn1c(=O)c2ccccc2n(CC(=O)NC2CCc3ccccc32)c1=O. The highest BCUT2D eigenvalue weighted by Gasteiger charge is 2.24. The van der Waals surface area contributed by atoms with Gasteiger partial charge in [-0.3, -0.25) is 18.7 Å². The standard InChI is InChI=1S/C20H19N3O3/c1-22-19(25)15-8-4-5-9-17(15)23(20(22)26)12-18(24)21-16-11-10-13-6-2-3-7-14(13)16/h2-9,16H,10-12H2,1H3,(H,21,24). The van der Waals surface area contributed by atoms with Crippen molar-refractivity contribution in [1.29, 1.82) is 0 Å². The number of aryl methyl sites for hydroxylation is 1. The van der Waals surface area contributed by atoms with E-state index in [4.69, 9.17) is 0 Å². The molecule has 0 aliphatic heterocycles. The molecule has 2 aromatic carbocycles. The minimum atomic E-state index is -0.490. The Kier molecular flexibility index (Phi) is 3.95. The molecule has 4 rings (SSSR count). The molecule has 6 heteroatoms. The molecule has 3 aromatic rings. The van der Waals surface area contributed by atoms with Crippen molar-refractivity contribution in [2.75, 3.05) is 0 Å². The van der Waals surface area contributed by atoms with Crippen LogP contribution in [0.15, 0.2) is 58.1 Å². The number of amides is 1. The average Bonchev–Trinajstić information content (AvgIpc) is 3.06. The number of nitrogens with one attached hydrogen (secondary N) is 1. The first kappa shape index (κ1) is 16.3. The van der Waals surface area contributed by atoms with Gasteiger partial charge in [0.05, 0.1) is 16.9 Å². The average molecular weight is 349 g/mol. The predicted octanol–water partition coefficient (Wildman–Crippen LogP) is 1.50. The Labute approximate surface area is 149 Å². The molecule has 6 nitrogen and oxygen atoms in total. The Balaban J connectivity index is 1.65. The van der Waals surface area contributed by atoms with Gasteiger partial charge in [-0.15, -0.1) is 0 Å². The van der Waals surface area contributed by atoms with E-state index in [2.05, 4.69) is 11.4 Å². The van der Waals surface area contributed by atoms with Gasteiger partial charge < -0.3 is 5.32 Å². The summed E-state index contributed by atoms with van der Waals surface area (Å²) in [6.07, 6.45) is 1.79. The van der Waals surface area contributed by atoms with Crippen molar-refractivity contribution in [3.05, 3.63) is 80.5 Å².